The molecule has 3 nitrogen and oxygen atoms in total. The van der Waals surface area contributed by atoms with Crippen LogP contribution >= 0.6 is 0 Å². The minimum absolute atomic E-state index is 0.734. The van der Waals surface area contributed by atoms with Gasteiger partial charge in [-0.2, -0.15) is 0 Å². The minimum Gasteiger partial charge on any atom is -0.213 e. The van der Waals surface area contributed by atoms with Crippen molar-refractivity contribution in [2.75, 3.05) is 0 Å². The van der Waals surface area contributed by atoms with Crippen molar-refractivity contribution in [2.45, 2.75) is 6.92 Å². The first-order valence-electron chi connectivity index (χ1n) is 7.96. The summed E-state index contributed by atoms with van der Waals surface area (Å²) in [5, 5.41) is 4.76. The third kappa shape index (κ3) is 2.72. The molecule has 0 atom stereocenters. The number of rotatable bonds is 3. The molecule has 0 radical (unpaired) electrons. The molecule has 0 unspecified atom stereocenters. The maximum absolute atomic E-state index is 4.81. The topological polar surface area (TPSA) is 30.7 Å². The predicted molar refractivity (Wildman–Crippen MR) is 97.0 cm³/mol. The molecule has 4 rings (SSSR count). The van der Waals surface area contributed by atoms with Gasteiger partial charge in [0.15, 0.2) is 11.6 Å². The standard InChI is InChI=1S/C21H17N3/c1-16-12-14-17(15-13-16)20-22-21(18-8-4-2-5-9-18)24(23-20)19-10-6-3-7-11-19/h2-15H,1H3. The molecular weight excluding hydrogens is 294 g/mol. The quantitative estimate of drug-likeness (QED) is 0.538. The number of nitrogens with zero attached hydrogens (tertiary/aromatic N) is 3. The van der Waals surface area contributed by atoms with E-state index in [1.54, 1.807) is 0 Å². The molecule has 0 saturated heterocycles. The van der Waals surface area contributed by atoms with Crippen molar-refractivity contribution < 1.29 is 0 Å². The summed E-state index contributed by atoms with van der Waals surface area (Å²) in [6, 6.07) is 28.6. The highest BCUT2D eigenvalue weighted by atomic mass is 15.4. The zero-order chi connectivity index (χ0) is 16.4. The average molecular weight is 311 g/mol. The Kier molecular flexibility index (Phi) is 3.67. The molecule has 0 amide bonds. The smallest absolute Gasteiger partial charge is 0.182 e. The second-order valence-corrected chi connectivity index (χ2v) is 5.74. The van der Waals surface area contributed by atoms with Gasteiger partial charge in [-0.25, -0.2) is 9.67 Å². The van der Waals surface area contributed by atoms with E-state index >= 15 is 0 Å². The fraction of sp³-hybridized carbons (Fsp3) is 0.0476. The van der Waals surface area contributed by atoms with Crippen molar-refractivity contribution in [3.05, 3.63) is 90.5 Å². The average Bonchev–Trinajstić information content (AvgIpc) is 3.09. The fourth-order valence-electron chi connectivity index (χ4n) is 2.66. The molecule has 0 spiro atoms. The lowest BCUT2D eigenvalue weighted by Gasteiger charge is -2.05. The molecule has 0 bridgehead atoms. The molecule has 0 N–H and O–H groups in total. The van der Waals surface area contributed by atoms with Gasteiger partial charge in [0, 0.05) is 11.1 Å². The Bertz CT molecular complexity index is 883. The molecule has 1 heterocycles. The van der Waals surface area contributed by atoms with Crippen LogP contribution in [0.1, 0.15) is 5.56 Å². The Morgan fingerprint density at radius 2 is 1.29 bits per heavy atom. The van der Waals surface area contributed by atoms with Crippen molar-refractivity contribution in [2.24, 2.45) is 0 Å². The molecule has 24 heavy (non-hydrogen) atoms. The highest BCUT2D eigenvalue weighted by Crippen LogP contribution is 2.25. The van der Waals surface area contributed by atoms with Crippen molar-refractivity contribution in [1.29, 1.82) is 0 Å². The van der Waals surface area contributed by atoms with Crippen molar-refractivity contribution in [1.82, 2.24) is 14.8 Å². The van der Waals surface area contributed by atoms with E-state index in [0.717, 1.165) is 28.5 Å². The highest BCUT2D eigenvalue weighted by Gasteiger charge is 2.14. The molecule has 0 saturated carbocycles. The molecule has 116 valence electrons. The second kappa shape index (κ2) is 6.13. The van der Waals surface area contributed by atoms with E-state index in [0.29, 0.717) is 0 Å². The van der Waals surface area contributed by atoms with Crippen LogP contribution in [0.4, 0.5) is 0 Å². The Hall–Kier alpha value is -3.20. The van der Waals surface area contributed by atoms with E-state index < -0.39 is 0 Å². The molecule has 0 aliphatic heterocycles. The predicted octanol–water partition coefficient (Wildman–Crippen LogP) is 4.91. The SMILES string of the molecule is Cc1ccc(-c2nc(-c3ccccc3)n(-c3ccccc3)n2)cc1. The lowest BCUT2D eigenvalue weighted by Crippen LogP contribution is -1.99. The van der Waals surface area contributed by atoms with E-state index in [2.05, 4.69) is 43.3 Å². The van der Waals surface area contributed by atoms with Gasteiger partial charge in [0.1, 0.15) is 0 Å². The van der Waals surface area contributed by atoms with Crippen LogP contribution in [-0.2, 0) is 0 Å². The number of hydrogen-bond donors (Lipinski definition) is 0. The summed E-state index contributed by atoms with van der Waals surface area (Å²) < 4.78 is 1.91. The summed E-state index contributed by atoms with van der Waals surface area (Å²) in [5.41, 5.74) is 4.30. The zero-order valence-electron chi connectivity index (χ0n) is 13.4. The number of aromatic nitrogens is 3. The van der Waals surface area contributed by atoms with E-state index in [1.807, 2.05) is 53.2 Å². The first kappa shape index (κ1) is 14.4. The van der Waals surface area contributed by atoms with Gasteiger partial charge in [0.05, 0.1) is 5.69 Å². The zero-order valence-corrected chi connectivity index (χ0v) is 13.4. The van der Waals surface area contributed by atoms with Gasteiger partial charge in [-0.15, -0.1) is 5.10 Å². The minimum atomic E-state index is 0.734. The Labute approximate surface area is 141 Å². The number of para-hydroxylation sites is 1. The number of hydrogen-bond acceptors (Lipinski definition) is 2. The summed E-state index contributed by atoms with van der Waals surface area (Å²) in [6.45, 7) is 2.08. The van der Waals surface area contributed by atoms with Crippen LogP contribution in [0, 0.1) is 6.92 Å². The van der Waals surface area contributed by atoms with Gasteiger partial charge in [0.25, 0.3) is 0 Å². The van der Waals surface area contributed by atoms with Crippen LogP contribution in [0.5, 0.6) is 0 Å². The fourth-order valence-corrected chi connectivity index (χ4v) is 2.66. The summed E-state index contributed by atoms with van der Waals surface area (Å²) in [6.07, 6.45) is 0. The van der Waals surface area contributed by atoms with E-state index in [1.165, 1.54) is 5.56 Å². The van der Waals surface area contributed by atoms with Gasteiger partial charge in [-0.05, 0) is 19.1 Å². The van der Waals surface area contributed by atoms with Gasteiger partial charge < -0.3 is 0 Å². The molecule has 3 heteroatoms. The molecular formula is C21H17N3. The van der Waals surface area contributed by atoms with Crippen molar-refractivity contribution in [3.8, 4) is 28.5 Å². The van der Waals surface area contributed by atoms with Crippen molar-refractivity contribution >= 4 is 0 Å². The first-order valence-corrected chi connectivity index (χ1v) is 7.96. The van der Waals surface area contributed by atoms with Crippen LogP contribution in [0.15, 0.2) is 84.9 Å². The van der Waals surface area contributed by atoms with E-state index in [4.69, 9.17) is 10.1 Å². The largest absolute Gasteiger partial charge is 0.213 e. The van der Waals surface area contributed by atoms with Crippen LogP contribution < -0.4 is 0 Å². The summed E-state index contributed by atoms with van der Waals surface area (Å²) in [7, 11) is 0. The van der Waals surface area contributed by atoms with E-state index in [9.17, 15) is 0 Å². The summed E-state index contributed by atoms with van der Waals surface area (Å²) in [4.78, 5) is 4.81. The lowest BCUT2D eigenvalue weighted by molar-refractivity contribution is 0.890. The molecule has 0 fully saturated rings. The van der Waals surface area contributed by atoms with Gasteiger partial charge in [0.2, 0.25) is 0 Å². The monoisotopic (exact) mass is 311 g/mol. The number of benzene rings is 3. The molecule has 4 aromatic rings. The van der Waals surface area contributed by atoms with Crippen molar-refractivity contribution in [3.63, 3.8) is 0 Å². The summed E-state index contributed by atoms with van der Waals surface area (Å²) >= 11 is 0. The van der Waals surface area contributed by atoms with Gasteiger partial charge in [-0.1, -0.05) is 78.4 Å². The molecule has 0 aliphatic rings. The number of aryl methyl sites for hydroxylation is 1. The maximum atomic E-state index is 4.81. The second-order valence-electron chi connectivity index (χ2n) is 5.74. The summed E-state index contributed by atoms with van der Waals surface area (Å²) in [5.74, 6) is 1.58. The van der Waals surface area contributed by atoms with Crippen LogP contribution in [-0.4, -0.2) is 14.8 Å². The highest BCUT2D eigenvalue weighted by molar-refractivity contribution is 5.63. The Balaban J connectivity index is 1.89. The Morgan fingerprint density at radius 3 is 1.96 bits per heavy atom. The molecule has 0 aliphatic carbocycles. The molecule has 1 aromatic heterocycles. The van der Waals surface area contributed by atoms with Gasteiger partial charge >= 0.3 is 0 Å². The normalized spacial score (nSPS) is 10.7. The lowest BCUT2D eigenvalue weighted by atomic mass is 10.1. The van der Waals surface area contributed by atoms with Crippen LogP contribution in [0.3, 0.4) is 0 Å². The molecule has 3 aromatic carbocycles. The van der Waals surface area contributed by atoms with Gasteiger partial charge in [-0.3, -0.25) is 0 Å². The van der Waals surface area contributed by atoms with E-state index in [-0.39, 0.29) is 0 Å². The van der Waals surface area contributed by atoms with Crippen LogP contribution in [0.2, 0.25) is 0 Å². The first-order chi connectivity index (χ1) is 11.8. The van der Waals surface area contributed by atoms with Crippen LogP contribution in [0.25, 0.3) is 28.5 Å². The third-order valence-corrected chi connectivity index (χ3v) is 3.95. The Morgan fingerprint density at radius 1 is 0.667 bits per heavy atom. The third-order valence-electron chi connectivity index (χ3n) is 3.95. The maximum Gasteiger partial charge on any atom is 0.182 e.